The first-order valence-corrected chi connectivity index (χ1v) is 9.43. The van der Waals surface area contributed by atoms with E-state index in [-0.39, 0.29) is 5.89 Å². The molecule has 5 aromatic heterocycles. The van der Waals surface area contributed by atoms with Crippen LogP contribution in [0.5, 0.6) is 0 Å². The Balaban J connectivity index is 1.35. The number of hydrogen-bond donors (Lipinski definition) is 1. The Kier molecular flexibility index (Phi) is 4.16. The van der Waals surface area contributed by atoms with Gasteiger partial charge in [0, 0.05) is 27.7 Å². The van der Waals surface area contributed by atoms with Gasteiger partial charge in [0.05, 0.1) is 17.6 Å². The number of aromatic amines is 1. The number of aryl methyl sites for hydroxylation is 1. The van der Waals surface area contributed by atoms with Crippen LogP contribution in [-0.2, 0) is 6.54 Å². The summed E-state index contributed by atoms with van der Waals surface area (Å²) in [5, 5.41) is 16.4. The Morgan fingerprint density at radius 2 is 2.10 bits per heavy atom. The summed E-state index contributed by atoms with van der Waals surface area (Å²) in [5.41, 5.74) is 3.47. The zero-order valence-corrected chi connectivity index (χ0v) is 15.8. The third kappa shape index (κ3) is 3.40. The molecule has 0 saturated carbocycles. The molecule has 0 spiro atoms. The number of nitrogens with zero attached hydrogens (tertiary/aromatic N) is 6. The summed E-state index contributed by atoms with van der Waals surface area (Å²) in [6.07, 6.45) is 0.809. The van der Waals surface area contributed by atoms with Crippen molar-refractivity contribution in [3.05, 3.63) is 53.1 Å². The predicted octanol–water partition coefficient (Wildman–Crippen LogP) is 4.23. The number of pyridine rings is 1. The molecule has 1 N–H and O–H groups in total. The molecule has 5 aromatic rings. The number of fused-ring (bicyclic) bond motifs is 1. The van der Waals surface area contributed by atoms with E-state index < -0.39 is 12.3 Å². The third-order valence-electron chi connectivity index (χ3n) is 4.26. The van der Waals surface area contributed by atoms with Crippen LogP contribution < -0.4 is 0 Å². The molecular weight excluding hydrogens is 400 g/mol. The summed E-state index contributed by atoms with van der Waals surface area (Å²) in [4.78, 5) is 9.17. The maximum atomic E-state index is 12.6. The zero-order chi connectivity index (χ0) is 20.0. The summed E-state index contributed by atoms with van der Waals surface area (Å²) in [7, 11) is 0. The van der Waals surface area contributed by atoms with E-state index in [1.165, 1.54) is 11.3 Å². The molecule has 146 valence electrons. The molecule has 0 atom stereocenters. The first-order chi connectivity index (χ1) is 14.0. The van der Waals surface area contributed by atoms with Gasteiger partial charge in [-0.25, -0.2) is 9.67 Å². The molecular formula is C18H13F2N7OS. The van der Waals surface area contributed by atoms with Gasteiger partial charge in [-0.15, -0.1) is 26.6 Å². The standard InChI is InChI=1S/C18H13F2N7OS/c1-9-4-10-5-11(6-21-16(10)22-9)13-8-27(26-23-13)7-12-2-3-14(29-12)17-24-25-18(28-17)15(19)20/h2-6,8,15H,7H2,1H3,(H,21,22). The van der Waals surface area contributed by atoms with Crippen LogP contribution >= 0.6 is 11.3 Å². The lowest BCUT2D eigenvalue weighted by Crippen LogP contribution is -1.97. The monoisotopic (exact) mass is 413 g/mol. The van der Waals surface area contributed by atoms with Crippen molar-refractivity contribution in [2.24, 2.45) is 0 Å². The number of H-pyrrole nitrogens is 1. The summed E-state index contributed by atoms with van der Waals surface area (Å²) >= 11 is 1.37. The van der Waals surface area contributed by atoms with Crippen molar-refractivity contribution >= 4 is 22.4 Å². The van der Waals surface area contributed by atoms with Gasteiger partial charge in [-0.1, -0.05) is 5.21 Å². The number of thiophene rings is 1. The molecule has 0 aliphatic rings. The Labute approximate surface area is 166 Å². The van der Waals surface area contributed by atoms with E-state index in [0.29, 0.717) is 17.1 Å². The molecule has 0 bridgehead atoms. The van der Waals surface area contributed by atoms with Gasteiger partial charge >= 0.3 is 6.43 Å². The number of halogens is 2. The van der Waals surface area contributed by atoms with E-state index in [1.54, 1.807) is 16.9 Å². The molecule has 11 heteroatoms. The average molecular weight is 413 g/mol. The van der Waals surface area contributed by atoms with Gasteiger partial charge in [-0.2, -0.15) is 8.78 Å². The van der Waals surface area contributed by atoms with Crippen molar-refractivity contribution in [2.45, 2.75) is 19.9 Å². The minimum absolute atomic E-state index is 0.0806. The second kappa shape index (κ2) is 6.85. The fourth-order valence-corrected chi connectivity index (χ4v) is 3.88. The topological polar surface area (TPSA) is 98.3 Å². The quantitative estimate of drug-likeness (QED) is 0.463. The van der Waals surface area contributed by atoms with Gasteiger partial charge < -0.3 is 9.40 Å². The van der Waals surface area contributed by atoms with Crippen LogP contribution in [0.3, 0.4) is 0 Å². The smallest absolute Gasteiger partial charge is 0.314 e. The summed E-state index contributed by atoms with van der Waals surface area (Å²) in [6, 6.07) is 7.66. The SMILES string of the molecule is Cc1cc2cc(-c3cn(Cc4ccc(-c5nnc(C(F)F)o5)s4)nn3)cnc2[nH]1. The van der Waals surface area contributed by atoms with Gasteiger partial charge in [-0.05, 0) is 31.2 Å². The molecule has 0 saturated heterocycles. The van der Waals surface area contributed by atoms with Crippen LogP contribution in [0.1, 0.15) is 22.9 Å². The molecule has 0 unspecified atom stereocenters. The number of nitrogens with one attached hydrogen (secondary N) is 1. The molecule has 0 aromatic carbocycles. The lowest BCUT2D eigenvalue weighted by molar-refractivity contribution is 0.116. The minimum atomic E-state index is -2.78. The van der Waals surface area contributed by atoms with Crippen molar-refractivity contribution in [3.63, 3.8) is 0 Å². The van der Waals surface area contributed by atoms with Crippen LogP contribution in [0.4, 0.5) is 8.78 Å². The van der Waals surface area contributed by atoms with Crippen molar-refractivity contribution in [3.8, 4) is 22.0 Å². The number of alkyl halides is 2. The second-order valence-electron chi connectivity index (χ2n) is 6.43. The van der Waals surface area contributed by atoms with Crippen LogP contribution in [0.25, 0.3) is 33.1 Å². The first kappa shape index (κ1) is 17.6. The van der Waals surface area contributed by atoms with E-state index in [0.717, 1.165) is 27.2 Å². The molecule has 5 rings (SSSR count). The van der Waals surface area contributed by atoms with Crippen LogP contribution in [0, 0.1) is 6.92 Å². The largest absolute Gasteiger partial charge is 0.414 e. The maximum Gasteiger partial charge on any atom is 0.314 e. The zero-order valence-electron chi connectivity index (χ0n) is 15.0. The fourth-order valence-electron chi connectivity index (χ4n) is 2.96. The van der Waals surface area contributed by atoms with Gasteiger partial charge in [-0.3, -0.25) is 0 Å². The Morgan fingerprint density at radius 3 is 2.93 bits per heavy atom. The van der Waals surface area contributed by atoms with E-state index >= 15 is 0 Å². The maximum absolute atomic E-state index is 12.6. The Hall–Kier alpha value is -3.47. The Morgan fingerprint density at radius 1 is 1.21 bits per heavy atom. The van der Waals surface area contributed by atoms with Crippen LogP contribution in [-0.4, -0.2) is 35.2 Å². The van der Waals surface area contributed by atoms with Crippen molar-refractivity contribution in [1.82, 2.24) is 35.2 Å². The predicted molar refractivity (Wildman–Crippen MR) is 102 cm³/mol. The van der Waals surface area contributed by atoms with E-state index in [1.807, 2.05) is 31.3 Å². The lowest BCUT2D eigenvalue weighted by atomic mass is 10.2. The van der Waals surface area contributed by atoms with Gasteiger partial charge in [0.25, 0.3) is 11.8 Å². The summed E-state index contributed by atoms with van der Waals surface area (Å²) in [6.45, 7) is 2.46. The lowest BCUT2D eigenvalue weighted by Gasteiger charge is -1.97. The highest BCUT2D eigenvalue weighted by Gasteiger charge is 2.18. The van der Waals surface area contributed by atoms with E-state index in [2.05, 4.69) is 30.5 Å². The number of rotatable bonds is 5. The van der Waals surface area contributed by atoms with E-state index in [9.17, 15) is 8.78 Å². The van der Waals surface area contributed by atoms with Gasteiger partial charge in [0.2, 0.25) is 0 Å². The molecule has 0 aliphatic heterocycles. The van der Waals surface area contributed by atoms with Crippen LogP contribution in [0.2, 0.25) is 0 Å². The highest BCUT2D eigenvalue weighted by molar-refractivity contribution is 7.15. The number of hydrogen-bond acceptors (Lipinski definition) is 7. The molecule has 0 amide bonds. The fraction of sp³-hybridized carbons (Fsp3) is 0.167. The van der Waals surface area contributed by atoms with Crippen molar-refractivity contribution < 1.29 is 13.2 Å². The number of aromatic nitrogens is 7. The first-order valence-electron chi connectivity index (χ1n) is 8.61. The van der Waals surface area contributed by atoms with Crippen molar-refractivity contribution in [1.29, 1.82) is 0 Å². The van der Waals surface area contributed by atoms with Gasteiger partial charge in [0.15, 0.2) is 0 Å². The molecule has 5 heterocycles. The second-order valence-corrected chi connectivity index (χ2v) is 7.60. The van der Waals surface area contributed by atoms with Crippen molar-refractivity contribution in [2.75, 3.05) is 0 Å². The Bertz CT molecular complexity index is 1300. The molecule has 0 fully saturated rings. The van der Waals surface area contributed by atoms with Gasteiger partial charge in [0.1, 0.15) is 11.3 Å². The highest BCUT2D eigenvalue weighted by Crippen LogP contribution is 2.30. The highest BCUT2D eigenvalue weighted by atomic mass is 32.1. The average Bonchev–Trinajstić information content (AvgIpc) is 3.47. The normalized spacial score (nSPS) is 11.7. The van der Waals surface area contributed by atoms with Crippen LogP contribution in [0.15, 0.2) is 41.1 Å². The molecule has 0 radical (unpaired) electrons. The minimum Gasteiger partial charge on any atom is -0.414 e. The summed E-state index contributed by atoms with van der Waals surface area (Å²) in [5.74, 6) is -0.601. The van der Waals surface area contributed by atoms with E-state index in [4.69, 9.17) is 4.42 Å². The summed E-state index contributed by atoms with van der Waals surface area (Å²) < 4.78 is 31.9. The third-order valence-corrected chi connectivity index (χ3v) is 5.31. The molecule has 29 heavy (non-hydrogen) atoms. The molecule has 0 aliphatic carbocycles. The molecule has 8 nitrogen and oxygen atoms in total.